The molecule has 2 N–H and O–H groups in total. The molecule has 180 valence electrons. The minimum atomic E-state index is -1.05. The molecule has 35 heavy (non-hydrogen) atoms. The van der Waals surface area contributed by atoms with Gasteiger partial charge >= 0.3 is 0 Å². The topological polar surface area (TPSA) is 97.4 Å². The van der Waals surface area contributed by atoms with E-state index in [1.807, 2.05) is 13.0 Å². The summed E-state index contributed by atoms with van der Waals surface area (Å²) in [6, 6.07) is 11.6. The Morgan fingerprint density at radius 3 is 2.71 bits per heavy atom. The van der Waals surface area contributed by atoms with Crippen LogP contribution in [-0.4, -0.2) is 43.2 Å². The van der Waals surface area contributed by atoms with Gasteiger partial charge < -0.3 is 29.4 Å². The molecular weight excluding hydrogens is 477 g/mol. The average Bonchev–Trinajstić information content (AvgIpc) is 3.46. The predicted molar refractivity (Wildman–Crippen MR) is 125 cm³/mol. The molecule has 0 amide bonds. The van der Waals surface area contributed by atoms with Crippen LogP contribution >= 0.6 is 11.6 Å². The Labute approximate surface area is 205 Å². The van der Waals surface area contributed by atoms with Gasteiger partial charge in [-0.15, -0.1) is 0 Å². The van der Waals surface area contributed by atoms with E-state index < -0.39 is 17.1 Å². The van der Waals surface area contributed by atoms with Gasteiger partial charge in [-0.3, -0.25) is 0 Å². The van der Waals surface area contributed by atoms with Crippen molar-refractivity contribution in [3.63, 3.8) is 0 Å². The zero-order valence-electron chi connectivity index (χ0n) is 18.7. The van der Waals surface area contributed by atoms with Gasteiger partial charge in [0.25, 0.3) is 6.02 Å². The van der Waals surface area contributed by atoms with Crippen molar-refractivity contribution in [3.05, 3.63) is 70.6 Å². The van der Waals surface area contributed by atoms with Crippen molar-refractivity contribution in [2.75, 3.05) is 26.4 Å². The normalized spacial score (nSPS) is 21.6. The van der Waals surface area contributed by atoms with Crippen LogP contribution in [0, 0.1) is 5.82 Å². The largest absolute Gasteiger partial charge is 0.486 e. The number of pyridine rings is 1. The van der Waals surface area contributed by atoms with Gasteiger partial charge in [-0.1, -0.05) is 17.7 Å². The number of halogens is 2. The molecule has 1 fully saturated rings. The molecule has 0 radical (unpaired) electrons. The molecule has 1 saturated heterocycles. The highest BCUT2D eigenvalue weighted by atomic mass is 35.5. The van der Waals surface area contributed by atoms with Crippen LogP contribution in [0.25, 0.3) is 11.1 Å². The molecule has 4 heterocycles. The van der Waals surface area contributed by atoms with Crippen LogP contribution in [0.3, 0.4) is 0 Å². The molecule has 3 aliphatic rings. The molecule has 0 bridgehead atoms. The fourth-order valence-electron chi connectivity index (χ4n) is 4.53. The second kappa shape index (κ2) is 8.08. The Hall–Kier alpha value is -3.40. The van der Waals surface area contributed by atoms with E-state index in [9.17, 15) is 4.39 Å². The van der Waals surface area contributed by atoms with E-state index >= 15 is 0 Å². The maximum atomic E-state index is 14.6. The second-order valence-corrected chi connectivity index (χ2v) is 9.12. The first-order chi connectivity index (χ1) is 16.9. The number of benzene rings is 2. The Bertz CT molecular complexity index is 1360. The molecule has 0 saturated carbocycles. The zero-order valence-corrected chi connectivity index (χ0v) is 19.5. The van der Waals surface area contributed by atoms with E-state index in [0.29, 0.717) is 57.9 Å². The lowest BCUT2D eigenvalue weighted by Gasteiger charge is -2.33. The fourth-order valence-corrected chi connectivity index (χ4v) is 4.70. The summed E-state index contributed by atoms with van der Waals surface area (Å²) >= 11 is 6.13. The number of nitrogens with zero attached hydrogens (tertiary/aromatic N) is 2. The number of rotatable bonds is 4. The van der Waals surface area contributed by atoms with E-state index in [0.717, 1.165) is 0 Å². The van der Waals surface area contributed by atoms with Crippen LogP contribution in [0.15, 0.2) is 53.7 Å². The molecule has 2 aromatic carbocycles. The minimum Gasteiger partial charge on any atom is -0.486 e. The zero-order chi connectivity index (χ0) is 24.2. The van der Waals surface area contributed by atoms with Crippen molar-refractivity contribution in [1.82, 2.24) is 4.98 Å². The standard InChI is InChI=1S/C25H21ClFN3O5/c1-24(33-6-7-34-24)12-31-16-10-19-22(29-11-16)35-21-5-2-14(17-9-15(26)3-4-20(17)27)8-18(21)25(19)13-32-23(28)30-25/h2-5,8-11H,6-7,12-13H2,1H3,(H2,28,30). The molecule has 1 atom stereocenters. The molecular formula is C25H21ClFN3O5. The van der Waals surface area contributed by atoms with Crippen LogP contribution in [0.5, 0.6) is 17.4 Å². The van der Waals surface area contributed by atoms with Crippen molar-refractivity contribution in [2.24, 2.45) is 10.7 Å². The molecule has 8 nitrogen and oxygen atoms in total. The van der Waals surface area contributed by atoms with Crippen LogP contribution in [-0.2, 0) is 19.7 Å². The number of aromatic nitrogens is 1. The number of fused-ring (bicyclic) bond motifs is 4. The van der Waals surface area contributed by atoms with Gasteiger partial charge in [0.15, 0.2) is 11.3 Å². The maximum absolute atomic E-state index is 14.6. The van der Waals surface area contributed by atoms with Crippen LogP contribution in [0.4, 0.5) is 4.39 Å². The molecule has 6 rings (SSSR count). The maximum Gasteiger partial charge on any atom is 0.283 e. The Morgan fingerprint density at radius 2 is 1.94 bits per heavy atom. The summed E-state index contributed by atoms with van der Waals surface area (Å²) in [5, 5.41) is 0.428. The molecule has 1 spiro atoms. The highest BCUT2D eigenvalue weighted by Crippen LogP contribution is 2.51. The van der Waals surface area contributed by atoms with Gasteiger partial charge in [-0.05, 0) is 48.9 Å². The molecule has 3 aliphatic heterocycles. The molecule has 3 aromatic rings. The third-order valence-corrected chi connectivity index (χ3v) is 6.51. The summed E-state index contributed by atoms with van der Waals surface area (Å²) in [5.74, 6) is 0.132. The molecule has 0 aliphatic carbocycles. The van der Waals surface area contributed by atoms with Gasteiger partial charge in [-0.2, -0.15) is 0 Å². The van der Waals surface area contributed by atoms with Crippen LogP contribution < -0.4 is 15.2 Å². The lowest BCUT2D eigenvalue weighted by molar-refractivity contribution is -0.162. The van der Waals surface area contributed by atoms with Crippen molar-refractivity contribution in [1.29, 1.82) is 0 Å². The lowest BCUT2D eigenvalue weighted by Crippen LogP contribution is -2.34. The first kappa shape index (κ1) is 22.1. The Balaban J connectivity index is 1.43. The Morgan fingerprint density at radius 1 is 1.11 bits per heavy atom. The van der Waals surface area contributed by atoms with Crippen LogP contribution in [0.2, 0.25) is 5.02 Å². The van der Waals surface area contributed by atoms with Gasteiger partial charge in [0.05, 0.1) is 25.0 Å². The third kappa shape index (κ3) is 3.76. The van der Waals surface area contributed by atoms with E-state index in [1.165, 1.54) is 12.1 Å². The first-order valence-corrected chi connectivity index (χ1v) is 11.4. The van der Waals surface area contributed by atoms with Crippen LogP contribution in [0.1, 0.15) is 18.1 Å². The van der Waals surface area contributed by atoms with Gasteiger partial charge in [0.1, 0.15) is 30.5 Å². The predicted octanol–water partition coefficient (Wildman–Crippen LogP) is 4.38. The monoisotopic (exact) mass is 497 g/mol. The highest BCUT2D eigenvalue weighted by molar-refractivity contribution is 6.30. The second-order valence-electron chi connectivity index (χ2n) is 8.68. The lowest BCUT2D eigenvalue weighted by atomic mass is 9.81. The summed E-state index contributed by atoms with van der Waals surface area (Å²) in [5.41, 5.74) is 7.17. The Kier molecular flexibility index (Phi) is 5.10. The number of hydrogen-bond acceptors (Lipinski definition) is 8. The summed E-state index contributed by atoms with van der Waals surface area (Å²) in [6.07, 6.45) is 1.56. The van der Waals surface area contributed by atoms with Crippen molar-refractivity contribution >= 4 is 17.6 Å². The first-order valence-electron chi connectivity index (χ1n) is 11.0. The quantitative estimate of drug-likeness (QED) is 0.571. The smallest absolute Gasteiger partial charge is 0.283 e. The fraction of sp³-hybridized carbons (Fsp3) is 0.280. The summed E-state index contributed by atoms with van der Waals surface area (Å²) in [6.45, 7) is 3.14. The molecule has 1 aromatic heterocycles. The van der Waals surface area contributed by atoms with Gasteiger partial charge in [0.2, 0.25) is 5.88 Å². The summed E-state index contributed by atoms with van der Waals surface area (Å²) < 4.78 is 43.5. The van der Waals surface area contributed by atoms with Crippen molar-refractivity contribution < 1.29 is 28.1 Å². The van der Waals surface area contributed by atoms with E-state index in [2.05, 4.69) is 9.98 Å². The van der Waals surface area contributed by atoms with Crippen molar-refractivity contribution in [2.45, 2.75) is 18.2 Å². The SMILES string of the molecule is CC1(COc2cnc3c(c2)C2(COC(N)=N2)c2cc(-c4cc(Cl)ccc4F)ccc2O3)OCCO1. The number of hydrogen-bond donors (Lipinski definition) is 1. The third-order valence-electron chi connectivity index (χ3n) is 6.27. The number of nitrogens with two attached hydrogens (primary N) is 1. The molecule has 1 unspecified atom stereocenters. The minimum absolute atomic E-state index is 0.0368. The van der Waals surface area contributed by atoms with Crippen molar-refractivity contribution in [3.8, 4) is 28.5 Å². The van der Waals surface area contributed by atoms with E-state index in [-0.39, 0.29) is 19.2 Å². The highest BCUT2D eigenvalue weighted by Gasteiger charge is 2.48. The van der Waals surface area contributed by atoms with Gasteiger partial charge in [-0.25, -0.2) is 14.4 Å². The average molecular weight is 498 g/mol. The van der Waals surface area contributed by atoms with E-state index in [4.69, 9.17) is 41.0 Å². The number of amidine groups is 1. The number of aliphatic imine (C=N–C) groups is 1. The van der Waals surface area contributed by atoms with E-state index in [1.54, 1.807) is 30.5 Å². The summed E-state index contributed by atoms with van der Waals surface area (Å²) in [4.78, 5) is 9.12. The number of ether oxygens (including phenoxy) is 5. The molecule has 10 heteroatoms. The summed E-state index contributed by atoms with van der Waals surface area (Å²) in [7, 11) is 0. The van der Waals surface area contributed by atoms with Gasteiger partial charge in [0, 0.05) is 16.1 Å².